The van der Waals surface area contributed by atoms with Crippen LogP contribution in [0.15, 0.2) is 84.9 Å². The smallest absolute Gasteiger partial charge is 0.343 e. The van der Waals surface area contributed by atoms with Crippen molar-refractivity contribution in [3.05, 3.63) is 112 Å². The number of hydrazine groups is 1. The average molecular weight is 577 g/mol. The van der Waals surface area contributed by atoms with Gasteiger partial charge in [-0.3, -0.25) is 19.2 Å². The summed E-state index contributed by atoms with van der Waals surface area (Å²) in [6.45, 7) is -0.606. The molecule has 5 rings (SSSR count). The highest BCUT2D eigenvalue weighted by Crippen LogP contribution is 2.36. The second-order valence-electron chi connectivity index (χ2n) is 9.33. The monoisotopic (exact) mass is 576 g/mol. The van der Waals surface area contributed by atoms with E-state index in [9.17, 15) is 24.0 Å². The third-order valence-corrected chi connectivity index (χ3v) is 7.36. The average Bonchev–Trinajstić information content (AvgIpc) is 3.21. The van der Waals surface area contributed by atoms with Gasteiger partial charge in [-0.1, -0.05) is 53.6 Å². The van der Waals surface area contributed by atoms with Crippen molar-refractivity contribution in [3.63, 3.8) is 0 Å². The van der Waals surface area contributed by atoms with E-state index in [0.717, 1.165) is 10.0 Å². The predicted octanol–water partition coefficient (Wildman–Crippen LogP) is 5.40. The summed E-state index contributed by atoms with van der Waals surface area (Å²) in [6, 6.07) is 18.4. The lowest BCUT2D eigenvalue weighted by atomic mass is 9.85. The van der Waals surface area contributed by atoms with E-state index in [1.165, 1.54) is 42.5 Å². The molecular formula is C30H22Cl2N2O6. The standard InChI is InChI=1S/C30H22Cl2N2O6/c31-20-12-15-24(25(32)16-20)27(36)33(34-28(37)22-8-4-5-9-23(22)29(34)38)17-26(35)18-10-13-21(14-11-18)40-30(39)19-6-2-1-3-7-19/h1-7,10-16,22-23H,8-9,17H2/t22-,23-/m0/s1. The Morgan fingerprint density at radius 1 is 0.825 bits per heavy atom. The van der Waals surface area contributed by atoms with Gasteiger partial charge in [-0.05, 0) is 67.4 Å². The molecule has 2 atom stereocenters. The fourth-order valence-electron chi connectivity index (χ4n) is 4.73. The number of hydrogen-bond donors (Lipinski definition) is 0. The van der Waals surface area contributed by atoms with E-state index < -0.39 is 47.9 Å². The molecule has 0 radical (unpaired) electrons. The number of amides is 3. The molecule has 0 unspecified atom stereocenters. The minimum absolute atomic E-state index is 0.0118. The maximum absolute atomic E-state index is 13.7. The number of rotatable bonds is 7. The molecule has 10 heteroatoms. The van der Waals surface area contributed by atoms with Crippen LogP contribution in [0.5, 0.6) is 5.75 Å². The number of esters is 1. The fraction of sp³-hybridized carbons (Fsp3) is 0.167. The van der Waals surface area contributed by atoms with Crippen LogP contribution in [0.2, 0.25) is 10.0 Å². The van der Waals surface area contributed by atoms with Crippen molar-refractivity contribution in [3.8, 4) is 5.75 Å². The van der Waals surface area contributed by atoms with Gasteiger partial charge in [-0.2, -0.15) is 5.01 Å². The van der Waals surface area contributed by atoms with E-state index in [2.05, 4.69) is 0 Å². The van der Waals surface area contributed by atoms with Gasteiger partial charge in [0.15, 0.2) is 5.78 Å². The van der Waals surface area contributed by atoms with Crippen molar-refractivity contribution in [2.45, 2.75) is 12.8 Å². The molecule has 3 amide bonds. The van der Waals surface area contributed by atoms with Gasteiger partial charge in [-0.15, -0.1) is 0 Å². The van der Waals surface area contributed by atoms with Crippen molar-refractivity contribution < 1.29 is 28.7 Å². The van der Waals surface area contributed by atoms with Gasteiger partial charge in [0, 0.05) is 10.6 Å². The van der Waals surface area contributed by atoms with Crippen molar-refractivity contribution in [1.82, 2.24) is 10.0 Å². The van der Waals surface area contributed by atoms with Crippen LogP contribution in [0.25, 0.3) is 0 Å². The number of ether oxygens (including phenoxy) is 1. The maximum atomic E-state index is 13.7. The van der Waals surface area contributed by atoms with Crippen molar-refractivity contribution >= 4 is 52.7 Å². The second-order valence-corrected chi connectivity index (χ2v) is 10.2. The van der Waals surface area contributed by atoms with Crippen LogP contribution >= 0.6 is 23.2 Å². The van der Waals surface area contributed by atoms with Gasteiger partial charge in [0.1, 0.15) is 12.3 Å². The molecule has 0 spiro atoms. The number of halogens is 2. The lowest BCUT2D eigenvalue weighted by molar-refractivity contribution is -0.154. The van der Waals surface area contributed by atoms with E-state index in [0.29, 0.717) is 23.4 Å². The van der Waals surface area contributed by atoms with Crippen molar-refractivity contribution in [2.75, 3.05) is 6.54 Å². The van der Waals surface area contributed by atoms with Gasteiger partial charge < -0.3 is 4.74 Å². The van der Waals surface area contributed by atoms with Crippen molar-refractivity contribution in [1.29, 1.82) is 0 Å². The summed E-state index contributed by atoms with van der Waals surface area (Å²) in [6.07, 6.45) is 4.39. The number of carbonyl (C=O) groups is 5. The fourth-order valence-corrected chi connectivity index (χ4v) is 5.22. The Labute approximate surface area is 239 Å². The molecule has 1 fully saturated rings. The van der Waals surface area contributed by atoms with Crippen LogP contribution in [0.4, 0.5) is 0 Å². The van der Waals surface area contributed by atoms with Crippen molar-refractivity contribution in [2.24, 2.45) is 11.8 Å². The Morgan fingerprint density at radius 2 is 1.45 bits per heavy atom. The number of nitrogens with zero attached hydrogens (tertiary/aromatic N) is 2. The largest absolute Gasteiger partial charge is 0.423 e. The Kier molecular flexibility index (Phi) is 7.82. The van der Waals surface area contributed by atoms with Gasteiger partial charge in [-0.25, -0.2) is 9.80 Å². The van der Waals surface area contributed by atoms with E-state index in [-0.39, 0.29) is 21.9 Å². The molecule has 0 saturated carbocycles. The Hall–Kier alpha value is -4.27. The Balaban J connectivity index is 1.40. The molecule has 8 nitrogen and oxygen atoms in total. The van der Waals surface area contributed by atoms with Crippen LogP contribution in [0, 0.1) is 11.8 Å². The molecular weight excluding hydrogens is 555 g/mol. The first kappa shape index (κ1) is 27.3. The highest BCUT2D eigenvalue weighted by Gasteiger charge is 2.51. The SMILES string of the molecule is O=C(CN(C(=O)c1ccc(Cl)cc1Cl)N1C(=O)[C@H]2CC=CC[C@@H]2C1=O)c1ccc(OC(=O)c2ccccc2)cc1. The van der Waals surface area contributed by atoms with Gasteiger partial charge >= 0.3 is 5.97 Å². The molecule has 2 aliphatic rings. The summed E-state index contributed by atoms with van der Waals surface area (Å²) >= 11 is 12.3. The zero-order chi connectivity index (χ0) is 28.4. The topological polar surface area (TPSA) is 101 Å². The van der Waals surface area contributed by atoms with Crippen LogP contribution in [0.1, 0.15) is 43.9 Å². The molecule has 202 valence electrons. The molecule has 1 saturated heterocycles. The number of ketones is 1. The number of benzene rings is 3. The third kappa shape index (κ3) is 5.41. The van der Waals surface area contributed by atoms with Crippen LogP contribution in [0.3, 0.4) is 0 Å². The highest BCUT2D eigenvalue weighted by molar-refractivity contribution is 6.36. The van der Waals surface area contributed by atoms with Crippen LogP contribution in [-0.2, 0) is 9.59 Å². The number of allylic oxidation sites excluding steroid dienone is 2. The van der Waals surface area contributed by atoms with E-state index >= 15 is 0 Å². The van der Waals surface area contributed by atoms with Gasteiger partial charge in [0.05, 0.1) is 28.0 Å². The van der Waals surface area contributed by atoms with Crippen LogP contribution < -0.4 is 4.74 Å². The summed E-state index contributed by atoms with van der Waals surface area (Å²) in [5, 5.41) is 1.94. The number of hydrogen-bond acceptors (Lipinski definition) is 6. The predicted molar refractivity (Wildman–Crippen MR) is 147 cm³/mol. The first-order chi connectivity index (χ1) is 19.2. The zero-order valence-electron chi connectivity index (χ0n) is 21.0. The summed E-state index contributed by atoms with van der Waals surface area (Å²) in [7, 11) is 0. The minimum Gasteiger partial charge on any atom is -0.423 e. The third-order valence-electron chi connectivity index (χ3n) is 6.81. The summed E-state index contributed by atoms with van der Waals surface area (Å²) in [5.74, 6) is -4.00. The molecule has 1 heterocycles. The maximum Gasteiger partial charge on any atom is 0.343 e. The molecule has 3 aromatic carbocycles. The second kappa shape index (κ2) is 11.5. The Bertz CT molecular complexity index is 1510. The normalized spacial score (nSPS) is 17.9. The molecule has 1 aliphatic heterocycles. The summed E-state index contributed by atoms with van der Waals surface area (Å²) in [5.41, 5.74) is 0.529. The quantitative estimate of drug-likeness (QED) is 0.123. The van der Waals surface area contributed by atoms with E-state index in [4.69, 9.17) is 27.9 Å². The lowest BCUT2D eigenvalue weighted by Gasteiger charge is -2.30. The first-order valence-corrected chi connectivity index (χ1v) is 13.2. The molecule has 0 N–H and O–H groups in total. The van der Waals surface area contributed by atoms with Gasteiger partial charge in [0.2, 0.25) is 0 Å². The Morgan fingerprint density at radius 3 is 2.05 bits per heavy atom. The zero-order valence-corrected chi connectivity index (χ0v) is 22.5. The van der Waals surface area contributed by atoms with Gasteiger partial charge in [0.25, 0.3) is 17.7 Å². The number of fused-ring (bicyclic) bond motifs is 1. The lowest BCUT2D eigenvalue weighted by Crippen LogP contribution is -2.52. The summed E-state index contributed by atoms with van der Waals surface area (Å²) < 4.78 is 5.36. The number of Topliss-reactive ketones (excluding diaryl/α,β-unsaturated/α-hetero) is 1. The first-order valence-electron chi connectivity index (χ1n) is 12.4. The molecule has 0 bridgehead atoms. The number of imide groups is 1. The van der Waals surface area contributed by atoms with E-state index in [1.54, 1.807) is 30.3 Å². The van der Waals surface area contributed by atoms with Crippen LogP contribution in [-0.4, -0.2) is 46.0 Å². The summed E-state index contributed by atoms with van der Waals surface area (Å²) in [4.78, 5) is 66.0. The molecule has 40 heavy (non-hydrogen) atoms. The minimum atomic E-state index is -0.795. The highest BCUT2D eigenvalue weighted by atomic mass is 35.5. The molecule has 3 aromatic rings. The van der Waals surface area contributed by atoms with E-state index in [1.807, 2.05) is 12.2 Å². The molecule has 1 aliphatic carbocycles. The molecule has 0 aromatic heterocycles. The number of carbonyl (C=O) groups excluding carboxylic acids is 5.